The molecule has 0 fully saturated rings. The highest BCUT2D eigenvalue weighted by Gasteiger charge is 1.90. The summed E-state index contributed by atoms with van der Waals surface area (Å²) in [6.07, 6.45) is 4.94. The minimum absolute atomic E-state index is 1.02. The van der Waals surface area contributed by atoms with Crippen LogP contribution in [0.3, 0.4) is 0 Å². The van der Waals surface area contributed by atoms with Gasteiger partial charge in [-0.15, -0.1) is 0 Å². The van der Waals surface area contributed by atoms with E-state index in [1.807, 2.05) is 19.4 Å². The Labute approximate surface area is 61.0 Å². The van der Waals surface area contributed by atoms with Gasteiger partial charge in [-0.3, -0.25) is 4.68 Å². The lowest BCUT2D eigenvalue weighted by atomic mass is 10.4. The Morgan fingerprint density at radius 3 is 3.00 bits per heavy atom. The van der Waals surface area contributed by atoms with Gasteiger partial charge in [-0.05, 0) is 6.42 Å². The first-order valence-corrected chi connectivity index (χ1v) is 3.55. The summed E-state index contributed by atoms with van der Waals surface area (Å²) in [5, 5.41) is 7.26. The summed E-state index contributed by atoms with van der Waals surface area (Å²) in [6.45, 7) is 3.16. The second-order valence-corrected chi connectivity index (χ2v) is 2.33. The number of aromatic nitrogens is 2. The van der Waals surface area contributed by atoms with Crippen LogP contribution in [0, 0.1) is 0 Å². The Morgan fingerprint density at radius 2 is 2.50 bits per heavy atom. The summed E-state index contributed by atoms with van der Waals surface area (Å²) < 4.78 is 1.79. The van der Waals surface area contributed by atoms with E-state index in [2.05, 4.69) is 17.3 Å². The number of hydrogen-bond donors (Lipinski definition) is 1. The molecule has 0 atom stereocenters. The molecule has 56 valence electrons. The first kappa shape index (κ1) is 7.12. The van der Waals surface area contributed by atoms with Gasteiger partial charge in [0, 0.05) is 19.8 Å². The van der Waals surface area contributed by atoms with E-state index in [1.165, 1.54) is 0 Å². The van der Waals surface area contributed by atoms with Crippen molar-refractivity contribution in [3.63, 3.8) is 0 Å². The molecule has 10 heavy (non-hydrogen) atoms. The second-order valence-electron chi connectivity index (χ2n) is 2.33. The van der Waals surface area contributed by atoms with Crippen molar-refractivity contribution in [2.24, 2.45) is 7.05 Å². The van der Waals surface area contributed by atoms with E-state index in [-0.39, 0.29) is 0 Å². The summed E-state index contributed by atoms with van der Waals surface area (Å²) >= 11 is 0. The Bertz CT molecular complexity index is 192. The van der Waals surface area contributed by atoms with Gasteiger partial charge in [-0.25, -0.2) is 0 Å². The number of aryl methyl sites for hydroxylation is 1. The molecule has 0 bridgehead atoms. The Balaban J connectivity index is 2.42. The van der Waals surface area contributed by atoms with Crippen LogP contribution in [-0.4, -0.2) is 16.3 Å². The molecule has 0 radical (unpaired) electrons. The van der Waals surface area contributed by atoms with Gasteiger partial charge >= 0.3 is 0 Å². The Hall–Kier alpha value is -0.990. The quantitative estimate of drug-likeness (QED) is 0.682. The zero-order valence-corrected chi connectivity index (χ0v) is 6.46. The van der Waals surface area contributed by atoms with Crippen molar-refractivity contribution in [1.82, 2.24) is 9.78 Å². The Morgan fingerprint density at radius 1 is 1.70 bits per heavy atom. The van der Waals surface area contributed by atoms with Crippen LogP contribution in [0.4, 0.5) is 5.69 Å². The highest BCUT2D eigenvalue weighted by molar-refractivity contribution is 5.37. The lowest BCUT2D eigenvalue weighted by Gasteiger charge is -1.97. The molecular formula is C7H13N3. The van der Waals surface area contributed by atoms with Crippen molar-refractivity contribution in [1.29, 1.82) is 0 Å². The summed E-state index contributed by atoms with van der Waals surface area (Å²) in [5.41, 5.74) is 1.10. The molecule has 0 unspecified atom stereocenters. The van der Waals surface area contributed by atoms with Crippen molar-refractivity contribution in [3.8, 4) is 0 Å². The summed E-state index contributed by atoms with van der Waals surface area (Å²) in [4.78, 5) is 0. The molecule has 1 heterocycles. The molecule has 1 aromatic heterocycles. The topological polar surface area (TPSA) is 29.9 Å². The van der Waals surface area contributed by atoms with Crippen molar-refractivity contribution < 1.29 is 0 Å². The van der Waals surface area contributed by atoms with Crippen LogP contribution in [0.2, 0.25) is 0 Å². The fourth-order valence-electron chi connectivity index (χ4n) is 0.782. The van der Waals surface area contributed by atoms with E-state index in [0.717, 1.165) is 18.7 Å². The molecule has 0 aliphatic carbocycles. The first-order valence-electron chi connectivity index (χ1n) is 3.55. The maximum absolute atomic E-state index is 4.02. The minimum atomic E-state index is 1.02. The minimum Gasteiger partial charge on any atom is -0.383 e. The average molecular weight is 139 g/mol. The van der Waals surface area contributed by atoms with E-state index in [0.29, 0.717) is 0 Å². The third-order valence-electron chi connectivity index (χ3n) is 1.28. The number of rotatable bonds is 3. The lowest BCUT2D eigenvalue weighted by Crippen LogP contribution is -1.97. The SMILES string of the molecule is CCCNc1cnn(C)c1. The molecule has 0 spiro atoms. The molecule has 0 aromatic carbocycles. The first-order chi connectivity index (χ1) is 4.83. The molecule has 0 aliphatic heterocycles. The zero-order valence-electron chi connectivity index (χ0n) is 6.46. The third kappa shape index (κ3) is 1.76. The van der Waals surface area contributed by atoms with Gasteiger partial charge in [0.15, 0.2) is 0 Å². The number of nitrogens with one attached hydrogen (secondary N) is 1. The molecule has 0 saturated heterocycles. The van der Waals surface area contributed by atoms with Gasteiger partial charge in [0.25, 0.3) is 0 Å². The molecule has 3 heteroatoms. The molecule has 0 amide bonds. The van der Waals surface area contributed by atoms with E-state index >= 15 is 0 Å². The predicted octanol–water partition coefficient (Wildman–Crippen LogP) is 1.24. The average Bonchev–Trinajstić information content (AvgIpc) is 2.31. The summed E-state index contributed by atoms with van der Waals surface area (Å²) in [5.74, 6) is 0. The zero-order chi connectivity index (χ0) is 7.40. The number of nitrogens with zero attached hydrogens (tertiary/aromatic N) is 2. The van der Waals surface area contributed by atoms with E-state index in [1.54, 1.807) is 4.68 Å². The molecule has 0 aliphatic rings. The van der Waals surface area contributed by atoms with Gasteiger partial charge < -0.3 is 5.32 Å². The van der Waals surface area contributed by atoms with Gasteiger partial charge in [0.05, 0.1) is 11.9 Å². The third-order valence-corrected chi connectivity index (χ3v) is 1.28. The van der Waals surface area contributed by atoms with Crippen LogP contribution in [0.5, 0.6) is 0 Å². The van der Waals surface area contributed by atoms with Crippen LogP contribution in [-0.2, 0) is 7.05 Å². The van der Waals surface area contributed by atoms with E-state index in [9.17, 15) is 0 Å². The molecule has 3 nitrogen and oxygen atoms in total. The predicted molar refractivity (Wildman–Crippen MR) is 42.0 cm³/mol. The molecule has 1 rings (SSSR count). The fourth-order valence-corrected chi connectivity index (χ4v) is 0.782. The molecule has 1 N–H and O–H groups in total. The maximum atomic E-state index is 4.02. The standard InChI is InChI=1S/C7H13N3/c1-3-4-8-7-5-9-10(2)6-7/h5-6,8H,3-4H2,1-2H3. The maximum Gasteiger partial charge on any atom is 0.0726 e. The number of hydrogen-bond acceptors (Lipinski definition) is 2. The van der Waals surface area contributed by atoms with Crippen molar-refractivity contribution in [2.45, 2.75) is 13.3 Å². The van der Waals surface area contributed by atoms with Crippen molar-refractivity contribution in [2.75, 3.05) is 11.9 Å². The molecule has 1 aromatic rings. The van der Waals surface area contributed by atoms with E-state index in [4.69, 9.17) is 0 Å². The fraction of sp³-hybridized carbons (Fsp3) is 0.571. The van der Waals surface area contributed by atoms with Gasteiger partial charge in [0.2, 0.25) is 0 Å². The van der Waals surface area contributed by atoms with Crippen LogP contribution < -0.4 is 5.32 Å². The largest absolute Gasteiger partial charge is 0.383 e. The van der Waals surface area contributed by atoms with Gasteiger partial charge in [-0.1, -0.05) is 6.92 Å². The van der Waals surface area contributed by atoms with Crippen LogP contribution in [0.15, 0.2) is 12.4 Å². The Kier molecular flexibility index (Phi) is 2.31. The van der Waals surface area contributed by atoms with Crippen LogP contribution in [0.25, 0.3) is 0 Å². The highest BCUT2D eigenvalue weighted by Crippen LogP contribution is 2.01. The number of anilines is 1. The van der Waals surface area contributed by atoms with Crippen molar-refractivity contribution >= 4 is 5.69 Å². The van der Waals surface area contributed by atoms with Gasteiger partial charge in [0.1, 0.15) is 0 Å². The van der Waals surface area contributed by atoms with Crippen LogP contribution >= 0.6 is 0 Å². The lowest BCUT2D eigenvalue weighted by molar-refractivity contribution is 0.768. The molecular weight excluding hydrogens is 126 g/mol. The second kappa shape index (κ2) is 3.25. The highest BCUT2D eigenvalue weighted by atomic mass is 15.3. The normalized spacial score (nSPS) is 9.80. The van der Waals surface area contributed by atoms with E-state index < -0.39 is 0 Å². The van der Waals surface area contributed by atoms with Gasteiger partial charge in [-0.2, -0.15) is 5.10 Å². The van der Waals surface area contributed by atoms with Crippen molar-refractivity contribution in [3.05, 3.63) is 12.4 Å². The monoisotopic (exact) mass is 139 g/mol. The summed E-state index contributed by atoms with van der Waals surface area (Å²) in [6, 6.07) is 0. The molecule has 0 saturated carbocycles. The van der Waals surface area contributed by atoms with Crippen LogP contribution in [0.1, 0.15) is 13.3 Å². The smallest absolute Gasteiger partial charge is 0.0726 e. The summed E-state index contributed by atoms with van der Waals surface area (Å²) in [7, 11) is 1.91.